The molecule has 0 fully saturated rings. The van der Waals surface area contributed by atoms with Crippen molar-refractivity contribution < 1.29 is 18.0 Å². The van der Waals surface area contributed by atoms with Crippen LogP contribution in [0.2, 0.25) is 0 Å². The van der Waals surface area contributed by atoms with E-state index in [-0.39, 0.29) is 5.57 Å². The molecule has 0 spiro atoms. The lowest BCUT2D eigenvalue weighted by atomic mass is 10.1. The van der Waals surface area contributed by atoms with Gasteiger partial charge in [-0.1, -0.05) is 12.5 Å². The van der Waals surface area contributed by atoms with Crippen molar-refractivity contribution in [3.63, 3.8) is 0 Å². The lowest BCUT2D eigenvalue weighted by molar-refractivity contribution is -0.117. The molecule has 1 N–H and O–H groups in total. The first-order chi connectivity index (χ1) is 7.19. The summed E-state index contributed by atoms with van der Waals surface area (Å²) in [6.45, 7) is 3.42. The average molecular weight is 234 g/mol. The maximum absolute atomic E-state index is 11.9. The largest absolute Gasteiger partial charge is 0.457 e. The van der Waals surface area contributed by atoms with Crippen molar-refractivity contribution in [3.05, 3.63) is 12.2 Å². The fraction of sp³-hybridized carbons (Fsp3) is 0.500. The van der Waals surface area contributed by atoms with Gasteiger partial charge in [-0.2, -0.15) is 13.2 Å². The second-order valence-electron chi connectivity index (χ2n) is 3.24. The molecule has 1 unspecified atom stereocenters. The number of rotatable bonds is 3. The predicted octanol–water partition coefficient (Wildman–Crippen LogP) is 0.784. The number of nitrogens with one attached hydrogen (secondary N) is 1. The Morgan fingerprint density at radius 3 is 2.25 bits per heavy atom. The van der Waals surface area contributed by atoms with E-state index in [9.17, 15) is 18.0 Å². The SMILES string of the molecule is C=C(C(=O)NC)C(C#CC(F)(F)F)N(C)C. The first-order valence-electron chi connectivity index (χ1n) is 4.35. The standard InChI is InChI=1S/C10H13F3N2O/c1-7(9(16)14-2)8(15(3)4)5-6-10(11,12)13/h8H,1H2,2-4H3,(H,14,16). The molecule has 0 bridgehead atoms. The van der Waals surface area contributed by atoms with Crippen LogP contribution in [0.15, 0.2) is 12.2 Å². The fourth-order valence-electron chi connectivity index (χ4n) is 0.963. The Kier molecular flexibility index (Phi) is 5.05. The molecule has 0 aliphatic rings. The van der Waals surface area contributed by atoms with Crippen LogP contribution in [-0.2, 0) is 4.79 Å². The second-order valence-corrected chi connectivity index (χ2v) is 3.24. The van der Waals surface area contributed by atoms with Gasteiger partial charge in [0, 0.05) is 18.5 Å². The summed E-state index contributed by atoms with van der Waals surface area (Å²) in [7, 11) is 4.41. The number of amides is 1. The van der Waals surface area contributed by atoms with Crippen molar-refractivity contribution in [1.29, 1.82) is 0 Å². The van der Waals surface area contributed by atoms with Gasteiger partial charge in [0.05, 0.1) is 0 Å². The molecular formula is C10H13F3N2O. The van der Waals surface area contributed by atoms with Gasteiger partial charge < -0.3 is 5.32 Å². The van der Waals surface area contributed by atoms with E-state index in [1.54, 1.807) is 0 Å². The molecular weight excluding hydrogens is 221 g/mol. The summed E-state index contributed by atoms with van der Waals surface area (Å²) in [4.78, 5) is 12.6. The van der Waals surface area contributed by atoms with Crippen LogP contribution in [0.5, 0.6) is 0 Å². The Balaban J connectivity index is 4.95. The molecule has 1 atom stereocenters. The monoisotopic (exact) mass is 234 g/mol. The van der Waals surface area contributed by atoms with Crippen LogP contribution >= 0.6 is 0 Å². The van der Waals surface area contributed by atoms with E-state index in [2.05, 4.69) is 11.9 Å². The Morgan fingerprint density at radius 2 is 1.94 bits per heavy atom. The molecule has 0 aliphatic carbocycles. The first kappa shape index (κ1) is 14.5. The highest BCUT2D eigenvalue weighted by Gasteiger charge is 2.25. The molecule has 0 saturated carbocycles. The van der Waals surface area contributed by atoms with Gasteiger partial charge in [-0.15, -0.1) is 0 Å². The Bertz CT molecular complexity index is 336. The van der Waals surface area contributed by atoms with Gasteiger partial charge in [-0.25, -0.2) is 0 Å². The molecule has 1 amide bonds. The molecule has 3 nitrogen and oxygen atoms in total. The number of carbonyl (C=O) groups is 1. The molecule has 0 aromatic carbocycles. The van der Waals surface area contributed by atoms with Crippen LogP contribution in [0, 0.1) is 11.8 Å². The van der Waals surface area contributed by atoms with Gasteiger partial charge in [0.15, 0.2) is 0 Å². The predicted molar refractivity (Wildman–Crippen MR) is 54.5 cm³/mol. The summed E-state index contributed by atoms with van der Waals surface area (Å²) in [5.74, 6) is 2.56. The molecule has 16 heavy (non-hydrogen) atoms. The third-order valence-electron chi connectivity index (χ3n) is 1.72. The lowest BCUT2D eigenvalue weighted by Gasteiger charge is -2.20. The van der Waals surface area contributed by atoms with Crippen LogP contribution in [0.3, 0.4) is 0 Å². The molecule has 0 aliphatic heterocycles. The number of hydrogen-bond donors (Lipinski definition) is 1. The number of carbonyl (C=O) groups excluding carboxylic acids is 1. The van der Waals surface area contributed by atoms with Crippen molar-refractivity contribution in [1.82, 2.24) is 10.2 Å². The zero-order valence-electron chi connectivity index (χ0n) is 9.27. The van der Waals surface area contributed by atoms with Crippen molar-refractivity contribution >= 4 is 5.91 Å². The van der Waals surface area contributed by atoms with Crippen molar-refractivity contribution in [2.75, 3.05) is 21.1 Å². The Labute approximate surface area is 92.3 Å². The smallest absolute Gasteiger partial charge is 0.355 e. The van der Waals surface area contributed by atoms with Gasteiger partial charge in [-0.3, -0.25) is 9.69 Å². The van der Waals surface area contributed by atoms with Crippen molar-refractivity contribution in [3.8, 4) is 11.8 Å². The van der Waals surface area contributed by atoms with Gasteiger partial charge in [0.1, 0.15) is 6.04 Å². The van der Waals surface area contributed by atoms with Gasteiger partial charge in [0.25, 0.3) is 0 Å². The van der Waals surface area contributed by atoms with Gasteiger partial charge in [-0.05, 0) is 14.1 Å². The highest BCUT2D eigenvalue weighted by atomic mass is 19.4. The summed E-state index contributed by atoms with van der Waals surface area (Å²) in [5.41, 5.74) is -0.0238. The van der Waals surface area contributed by atoms with Gasteiger partial charge in [0.2, 0.25) is 5.91 Å². The molecule has 0 aromatic heterocycles. The van der Waals surface area contributed by atoms with E-state index in [1.807, 2.05) is 5.92 Å². The van der Waals surface area contributed by atoms with E-state index in [0.29, 0.717) is 0 Å². The normalized spacial score (nSPS) is 12.7. The summed E-state index contributed by atoms with van der Waals surface area (Å²) in [6, 6.07) is -0.957. The minimum atomic E-state index is -4.57. The van der Waals surface area contributed by atoms with Crippen LogP contribution < -0.4 is 5.32 Å². The summed E-state index contributed by atoms with van der Waals surface area (Å²) in [6.07, 6.45) is -4.57. The quantitative estimate of drug-likeness (QED) is 0.578. The summed E-state index contributed by atoms with van der Waals surface area (Å²) >= 11 is 0. The van der Waals surface area contributed by atoms with Crippen molar-refractivity contribution in [2.45, 2.75) is 12.2 Å². The molecule has 0 heterocycles. The number of hydrogen-bond acceptors (Lipinski definition) is 2. The minimum Gasteiger partial charge on any atom is -0.355 e. The number of alkyl halides is 3. The van der Waals surface area contributed by atoms with E-state index >= 15 is 0 Å². The molecule has 6 heteroatoms. The van der Waals surface area contributed by atoms with E-state index in [1.165, 1.54) is 26.0 Å². The van der Waals surface area contributed by atoms with E-state index in [0.717, 1.165) is 5.92 Å². The molecule has 0 radical (unpaired) electrons. The average Bonchev–Trinajstić information content (AvgIpc) is 2.14. The molecule has 90 valence electrons. The van der Waals surface area contributed by atoms with E-state index in [4.69, 9.17) is 0 Å². The summed E-state index contributed by atoms with van der Waals surface area (Å²) in [5, 5.41) is 2.28. The zero-order valence-corrected chi connectivity index (χ0v) is 9.27. The topological polar surface area (TPSA) is 32.3 Å². The molecule has 0 aromatic rings. The van der Waals surface area contributed by atoms with Gasteiger partial charge >= 0.3 is 6.18 Å². The third kappa shape index (κ3) is 4.84. The highest BCUT2D eigenvalue weighted by Crippen LogP contribution is 2.13. The molecule has 0 rings (SSSR count). The highest BCUT2D eigenvalue weighted by molar-refractivity contribution is 5.94. The lowest BCUT2D eigenvalue weighted by Crippen LogP contribution is -2.35. The fourth-order valence-corrected chi connectivity index (χ4v) is 0.963. The number of nitrogens with zero attached hydrogens (tertiary/aromatic N) is 1. The maximum Gasteiger partial charge on any atom is 0.457 e. The minimum absolute atomic E-state index is 0.0238. The van der Waals surface area contributed by atoms with Crippen LogP contribution in [0.25, 0.3) is 0 Å². The van der Waals surface area contributed by atoms with Crippen molar-refractivity contribution in [2.24, 2.45) is 0 Å². The maximum atomic E-state index is 11.9. The Morgan fingerprint density at radius 1 is 1.44 bits per heavy atom. The zero-order chi connectivity index (χ0) is 12.9. The van der Waals surface area contributed by atoms with Crippen LogP contribution in [-0.4, -0.2) is 44.2 Å². The number of likely N-dealkylation sites (N-methyl/N-ethyl adjacent to an activating group) is 2. The number of halogens is 3. The third-order valence-corrected chi connectivity index (χ3v) is 1.72. The van der Waals surface area contributed by atoms with E-state index < -0.39 is 18.1 Å². The first-order valence-corrected chi connectivity index (χ1v) is 4.35. The molecule has 0 saturated heterocycles. The van der Waals surface area contributed by atoms with Crippen LogP contribution in [0.1, 0.15) is 0 Å². The Hall–Kier alpha value is -1.48. The second kappa shape index (κ2) is 5.56. The summed E-state index contributed by atoms with van der Waals surface area (Å²) < 4.78 is 35.7. The van der Waals surface area contributed by atoms with Crippen LogP contribution in [0.4, 0.5) is 13.2 Å².